The first-order valence-corrected chi connectivity index (χ1v) is 3.76. The molecule has 1 atom stereocenters. The quantitative estimate of drug-likeness (QED) is 0.454. The van der Waals surface area contributed by atoms with Gasteiger partial charge in [-0.05, 0) is 0 Å². The highest BCUT2D eigenvalue weighted by molar-refractivity contribution is 5.76. The number of nitrogens with zero attached hydrogens (tertiary/aromatic N) is 1. The lowest BCUT2D eigenvalue weighted by Gasteiger charge is -2.15. The van der Waals surface area contributed by atoms with E-state index in [0.29, 0.717) is 0 Å². The lowest BCUT2D eigenvalue weighted by molar-refractivity contribution is -0.174. The number of carbonyl (C=O) groups is 1. The molecule has 0 N–H and O–H groups in total. The summed E-state index contributed by atoms with van der Waals surface area (Å²) in [6.45, 7) is 2.45. The summed E-state index contributed by atoms with van der Waals surface area (Å²) in [7, 11) is 2.81. The topological polar surface area (TPSA) is 38.8 Å². The fraction of sp³-hybridized carbons (Fsp3) is 0.625. The molecule has 0 aromatic heterocycles. The number of halogens is 1. The fourth-order valence-electron chi connectivity index (χ4n) is 0.547. The van der Waals surface area contributed by atoms with Crippen LogP contribution in [0, 0.1) is 0 Å². The summed E-state index contributed by atoms with van der Waals surface area (Å²) in [4.78, 5) is 15.6. The zero-order valence-corrected chi connectivity index (χ0v) is 7.83. The van der Waals surface area contributed by atoms with Gasteiger partial charge in [-0.1, -0.05) is 6.08 Å². The van der Waals surface area contributed by atoms with Gasteiger partial charge in [0.25, 0.3) is 5.91 Å². The lowest BCUT2D eigenvalue weighted by atomic mass is 10.4. The van der Waals surface area contributed by atoms with E-state index in [9.17, 15) is 9.18 Å². The number of alkyl halides is 1. The van der Waals surface area contributed by atoms with Crippen molar-refractivity contribution in [2.75, 3.05) is 27.4 Å². The van der Waals surface area contributed by atoms with Crippen LogP contribution in [0.5, 0.6) is 0 Å². The highest BCUT2D eigenvalue weighted by Gasteiger charge is 2.11. The number of rotatable bonds is 6. The largest absolute Gasteiger partial charge is 0.362 e. The van der Waals surface area contributed by atoms with E-state index in [1.165, 1.54) is 20.2 Å². The Morgan fingerprint density at radius 2 is 2.38 bits per heavy atom. The van der Waals surface area contributed by atoms with E-state index in [1.54, 1.807) is 0 Å². The molecule has 5 heteroatoms. The van der Waals surface area contributed by atoms with Crippen molar-refractivity contribution in [1.82, 2.24) is 5.06 Å². The number of hydrogen-bond acceptors (Lipinski definition) is 3. The van der Waals surface area contributed by atoms with Gasteiger partial charge >= 0.3 is 0 Å². The Hall–Kier alpha value is -0.940. The van der Waals surface area contributed by atoms with Crippen LogP contribution in [-0.2, 0) is 14.4 Å². The van der Waals surface area contributed by atoms with Gasteiger partial charge in [0.2, 0.25) is 0 Å². The van der Waals surface area contributed by atoms with Crippen LogP contribution in [0.1, 0.15) is 0 Å². The van der Waals surface area contributed by atoms with Crippen molar-refractivity contribution in [3.63, 3.8) is 0 Å². The summed E-state index contributed by atoms with van der Waals surface area (Å²) in [5.74, 6) is -0.372. The SMILES string of the molecule is C=C[C@@H](CF)OCC(=O)N(C)OC. The minimum Gasteiger partial charge on any atom is -0.362 e. The molecule has 13 heavy (non-hydrogen) atoms. The molecule has 0 aromatic carbocycles. The van der Waals surface area contributed by atoms with Crippen LogP contribution in [-0.4, -0.2) is 44.5 Å². The van der Waals surface area contributed by atoms with E-state index in [-0.39, 0.29) is 12.5 Å². The van der Waals surface area contributed by atoms with Crippen molar-refractivity contribution in [3.8, 4) is 0 Å². The Labute approximate surface area is 76.9 Å². The molecule has 0 saturated heterocycles. The number of hydrogen-bond donors (Lipinski definition) is 0. The van der Waals surface area contributed by atoms with E-state index in [2.05, 4.69) is 11.4 Å². The smallest absolute Gasteiger partial charge is 0.271 e. The van der Waals surface area contributed by atoms with E-state index in [4.69, 9.17) is 4.74 Å². The molecule has 0 heterocycles. The molecule has 0 unspecified atom stereocenters. The summed E-state index contributed by atoms with van der Waals surface area (Å²) in [6, 6.07) is 0. The predicted molar refractivity (Wildman–Crippen MR) is 45.7 cm³/mol. The Kier molecular flexibility index (Phi) is 6.09. The molecular weight excluding hydrogens is 177 g/mol. The molecule has 76 valence electrons. The van der Waals surface area contributed by atoms with Gasteiger partial charge in [-0.2, -0.15) is 0 Å². The Morgan fingerprint density at radius 3 is 2.77 bits per heavy atom. The van der Waals surface area contributed by atoms with Gasteiger partial charge in [0.15, 0.2) is 0 Å². The number of carbonyl (C=O) groups excluding carboxylic acids is 1. The Bertz CT molecular complexity index is 175. The second kappa shape index (κ2) is 6.56. The Morgan fingerprint density at radius 1 is 1.77 bits per heavy atom. The normalized spacial score (nSPS) is 12.2. The summed E-state index contributed by atoms with van der Waals surface area (Å²) >= 11 is 0. The van der Waals surface area contributed by atoms with Gasteiger partial charge in [0.1, 0.15) is 19.4 Å². The minimum atomic E-state index is -0.728. The standard InChI is InChI=1S/C8H14FNO3/c1-4-7(5-9)13-6-8(11)10(2)12-3/h4,7H,1,5-6H2,2-3H3/t7-/m0/s1. The zero-order valence-electron chi connectivity index (χ0n) is 7.83. The molecule has 0 saturated carbocycles. The molecule has 0 aromatic rings. The van der Waals surface area contributed by atoms with Crippen LogP contribution >= 0.6 is 0 Å². The van der Waals surface area contributed by atoms with Crippen LogP contribution in [0.15, 0.2) is 12.7 Å². The molecule has 0 aliphatic carbocycles. The van der Waals surface area contributed by atoms with Crippen molar-refractivity contribution in [1.29, 1.82) is 0 Å². The maximum absolute atomic E-state index is 12.0. The molecule has 0 aliphatic heterocycles. The summed E-state index contributed by atoms with van der Waals surface area (Å²) in [6.07, 6.45) is 0.578. The van der Waals surface area contributed by atoms with Gasteiger partial charge in [0, 0.05) is 7.05 Å². The summed E-state index contributed by atoms with van der Waals surface area (Å²) in [5, 5.41) is 1.01. The van der Waals surface area contributed by atoms with Gasteiger partial charge in [0.05, 0.1) is 7.11 Å². The first-order valence-electron chi connectivity index (χ1n) is 3.76. The highest BCUT2D eigenvalue weighted by Crippen LogP contribution is 1.95. The predicted octanol–water partition coefficient (Wildman–Crippen LogP) is 0.547. The van der Waals surface area contributed by atoms with Crippen molar-refractivity contribution in [2.45, 2.75) is 6.10 Å². The third kappa shape index (κ3) is 4.59. The monoisotopic (exact) mass is 191 g/mol. The van der Waals surface area contributed by atoms with Crippen LogP contribution in [0.4, 0.5) is 4.39 Å². The van der Waals surface area contributed by atoms with Crippen molar-refractivity contribution in [3.05, 3.63) is 12.7 Å². The third-order valence-corrected chi connectivity index (χ3v) is 1.46. The molecule has 0 fully saturated rings. The second-order valence-corrected chi connectivity index (χ2v) is 2.31. The van der Waals surface area contributed by atoms with Crippen molar-refractivity contribution < 1.29 is 18.8 Å². The first kappa shape index (κ1) is 12.1. The molecule has 0 bridgehead atoms. The van der Waals surface area contributed by atoms with Gasteiger partial charge in [-0.15, -0.1) is 6.58 Å². The van der Waals surface area contributed by atoms with Crippen LogP contribution < -0.4 is 0 Å². The van der Waals surface area contributed by atoms with E-state index in [0.717, 1.165) is 5.06 Å². The van der Waals surface area contributed by atoms with E-state index in [1.807, 2.05) is 0 Å². The first-order chi connectivity index (χ1) is 6.15. The van der Waals surface area contributed by atoms with Crippen molar-refractivity contribution in [2.24, 2.45) is 0 Å². The van der Waals surface area contributed by atoms with Crippen molar-refractivity contribution >= 4 is 5.91 Å². The summed E-state index contributed by atoms with van der Waals surface area (Å²) < 4.78 is 16.9. The zero-order chi connectivity index (χ0) is 10.3. The molecular formula is C8H14FNO3. The number of ether oxygens (including phenoxy) is 1. The average Bonchev–Trinajstić information content (AvgIpc) is 2.17. The third-order valence-electron chi connectivity index (χ3n) is 1.46. The minimum absolute atomic E-state index is 0.217. The maximum Gasteiger partial charge on any atom is 0.271 e. The molecule has 4 nitrogen and oxygen atoms in total. The molecule has 0 spiro atoms. The molecule has 0 radical (unpaired) electrons. The molecule has 1 amide bonds. The van der Waals surface area contributed by atoms with Gasteiger partial charge in [-0.25, -0.2) is 9.45 Å². The average molecular weight is 191 g/mol. The fourth-order valence-corrected chi connectivity index (χ4v) is 0.547. The number of likely N-dealkylation sites (N-methyl/N-ethyl adjacent to an activating group) is 1. The summed E-state index contributed by atoms with van der Waals surface area (Å²) in [5.41, 5.74) is 0. The van der Waals surface area contributed by atoms with Gasteiger partial charge < -0.3 is 4.74 Å². The highest BCUT2D eigenvalue weighted by atomic mass is 19.1. The molecule has 0 rings (SSSR count). The lowest BCUT2D eigenvalue weighted by Crippen LogP contribution is -2.31. The number of amides is 1. The second-order valence-electron chi connectivity index (χ2n) is 2.31. The van der Waals surface area contributed by atoms with Crippen LogP contribution in [0.3, 0.4) is 0 Å². The maximum atomic E-state index is 12.0. The van der Waals surface area contributed by atoms with Crippen LogP contribution in [0.25, 0.3) is 0 Å². The van der Waals surface area contributed by atoms with E-state index >= 15 is 0 Å². The Balaban J connectivity index is 3.74. The van der Waals surface area contributed by atoms with Crippen LogP contribution in [0.2, 0.25) is 0 Å². The molecule has 0 aliphatic rings. The van der Waals surface area contributed by atoms with E-state index < -0.39 is 12.8 Å². The number of hydroxylamine groups is 2. The van der Waals surface area contributed by atoms with Gasteiger partial charge in [-0.3, -0.25) is 9.63 Å².